The third-order valence-corrected chi connectivity index (χ3v) is 4.04. The summed E-state index contributed by atoms with van der Waals surface area (Å²) in [4.78, 5) is 3.62. The van der Waals surface area contributed by atoms with Gasteiger partial charge in [0.15, 0.2) is 15.8 Å². The van der Waals surface area contributed by atoms with Gasteiger partial charge >= 0.3 is 0 Å². The second-order valence-electron chi connectivity index (χ2n) is 5.39. The summed E-state index contributed by atoms with van der Waals surface area (Å²) in [6, 6.07) is 5.28. The van der Waals surface area contributed by atoms with Crippen LogP contribution in [0.5, 0.6) is 0 Å². The van der Waals surface area contributed by atoms with E-state index >= 15 is 0 Å². The summed E-state index contributed by atoms with van der Waals surface area (Å²) in [6.07, 6.45) is 0. The number of nitrogens with zero attached hydrogens (tertiary/aromatic N) is 1. The molecule has 1 rings (SSSR count). The van der Waals surface area contributed by atoms with Crippen molar-refractivity contribution in [2.24, 2.45) is 10.7 Å². The maximum Gasteiger partial charge on any atom is 0.189 e. The lowest BCUT2D eigenvalue weighted by Gasteiger charge is -2.20. The van der Waals surface area contributed by atoms with Crippen molar-refractivity contribution in [2.45, 2.75) is 31.2 Å². The maximum atomic E-state index is 13.4. The van der Waals surface area contributed by atoms with Crippen LogP contribution in [0.25, 0.3) is 0 Å². The molecule has 0 atom stereocenters. The van der Waals surface area contributed by atoms with Crippen molar-refractivity contribution in [3.8, 4) is 0 Å². The number of halogens is 2. The van der Waals surface area contributed by atoms with E-state index in [9.17, 15) is 12.8 Å². The summed E-state index contributed by atoms with van der Waals surface area (Å²) < 4.78 is 37.3. The number of nitrogens with two attached hydrogens (primary N) is 1. The van der Waals surface area contributed by atoms with Crippen LogP contribution in [0.4, 0.5) is 4.39 Å². The summed E-state index contributed by atoms with van der Waals surface area (Å²) in [5.41, 5.74) is 5.38. The van der Waals surface area contributed by atoms with Crippen molar-refractivity contribution in [3.63, 3.8) is 0 Å². The minimum absolute atomic E-state index is 0. The molecule has 3 N–H and O–H groups in total. The lowest BCUT2D eigenvalue weighted by Crippen LogP contribution is -2.45. The Kier molecular flexibility index (Phi) is 7.58. The average Bonchev–Trinajstić information content (AvgIpc) is 2.26. The molecule has 0 aliphatic carbocycles. The number of benzene rings is 1. The van der Waals surface area contributed by atoms with E-state index in [0.717, 1.165) is 6.07 Å². The first-order valence-electron chi connectivity index (χ1n) is 6.17. The van der Waals surface area contributed by atoms with Crippen molar-refractivity contribution in [1.29, 1.82) is 0 Å². The van der Waals surface area contributed by atoms with Crippen LogP contribution in [-0.4, -0.2) is 32.2 Å². The molecule has 1 aromatic carbocycles. The second-order valence-corrected chi connectivity index (χ2v) is 7.47. The van der Waals surface area contributed by atoms with Crippen LogP contribution in [0.2, 0.25) is 0 Å². The molecule has 0 saturated carbocycles. The topological polar surface area (TPSA) is 84.5 Å². The van der Waals surface area contributed by atoms with Gasteiger partial charge in [-0.1, -0.05) is 12.1 Å². The molecule has 21 heavy (non-hydrogen) atoms. The van der Waals surface area contributed by atoms with Gasteiger partial charge in [-0.05, 0) is 32.9 Å². The molecule has 0 aromatic heterocycles. The van der Waals surface area contributed by atoms with E-state index in [1.165, 1.54) is 18.2 Å². The van der Waals surface area contributed by atoms with Gasteiger partial charge in [-0.3, -0.25) is 4.99 Å². The molecule has 0 radical (unpaired) electrons. The predicted octanol–water partition coefficient (Wildman–Crippen LogP) is 1.92. The van der Waals surface area contributed by atoms with Gasteiger partial charge < -0.3 is 11.1 Å². The van der Waals surface area contributed by atoms with Gasteiger partial charge in [0, 0.05) is 5.54 Å². The minimum atomic E-state index is -3.70. The quantitative estimate of drug-likeness (QED) is 0.435. The Labute approximate surface area is 142 Å². The summed E-state index contributed by atoms with van der Waals surface area (Å²) in [6.45, 7) is 5.70. The van der Waals surface area contributed by atoms with Crippen LogP contribution >= 0.6 is 24.0 Å². The highest BCUT2D eigenvalue weighted by Crippen LogP contribution is 2.14. The standard InChI is InChI=1S/C13H20FN3O2S.HI/c1-13(2,3)17-12(15)16-8-9-20(18,19)11-7-5-4-6-10(11)14;/h4-7H,8-9H2,1-3H3,(H3,15,16,17);1H. The van der Waals surface area contributed by atoms with Gasteiger partial charge in [-0.2, -0.15) is 0 Å². The molecule has 0 saturated heterocycles. The normalized spacial score (nSPS) is 12.7. The minimum Gasteiger partial charge on any atom is -0.370 e. The van der Waals surface area contributed by atoms with Crippen LogP contribution in [0.3, 0.4) is 0 Å². The van der Waals surface area contributed by atoms with Crippen molar-refractivity contribution in [3.05, 3.63) is 30.1 Å². The molecule has 0 heterocycles. The molecule has 5 nitrogen and oxygen atoms in total. The average molecular weight is 429 g/mol. The second kappa shape index (κ2) is 7.92. The third kappa shape index (κ3) is 7.07. The van der Waals surface area contributed by atoms with Crippen LogP contribution < -0.4 is 11.1 Å². The zero-order chi connectivity index (χ0) is 15.4. The summed E-state index contributed by atoms with van der Waals surface area (Å²) in [7, 11) is -3.70. The first-order valence-corrected chi connectivity index (χ1v) is 7.82. The lowest BCUT2D eigenvalue weighted by atomic mass is 10.1. The summed E-state index contributed by atoms with van der Waals surface area (Å²) in [5, 5.41) is 2.92. The first kappa shape index (κ1) is 20.1. The molecule has 0 amide bonds. The fraction of sp³-hybridized carbons (Fsp3) is 0.462. The Balaban J connectivity index is 0.00000400. The van der Waals surface area contributed by atoms with Gasteiger partial charge in [0.05, 0.1) is 12.3 Å². The smallest absolute Gasteiger partial charge is 0.189 e. The molecule has 120 valence electrons. The largest absolute Gasteiger partial charge is 0.370 e. The van der Waals surface area contributed by atoms with Crippen LogP contribution in [0.15, 0.2) is 34.2 Å². The van der Waals surface area contributed by atoms with Gasteiger partial charge in [0.2, 0.25) is 0 Å². The number of aliphatic imine (C=N–C) groups is 1. The first-order chi connectivity index (χ1) is 9.12. The molecule has 0 bridgehead atoms. The molecular formula is C13H21FIN3O2S. The Morgan fingerprint density at radius 3 is 2.43 bits per heavy atom. The highest BCUT2D eigenvalue weighted by molar-refractivity contribution is 14.0. The van der Waals surface area contributed by atoms with E-state index in [1.807, 2.05) is 20.8 Å². The van der Waals surface area contributed by atoms with Crippen LogP contribution in [0, 0.1) is 5.82 Å². The molecule has 0 spiro atoms. The Bertz CT molecular complexity index is 598. The lowest BCUT2D eigenvalue weighted by molar-refractivity contribution is 0.508. The predicted molar refractivity (Wildman–Crippen MR) is 93.2 cm³/mol. The van der Waals surface area contributed by atoms with Gasteiger partial charge in [0.1, 0.15) is 10.7 Å². The number of hydrogen-bond acceptors (Lipinski definition) is 3. The zero-order valence-corrected chi connectivity index (χ0v) is 15.4. The summed E-state index contributed by atoms with van der Waals surface area (Å²) >= 11 is 0. The molecular weight excluding hydrogens is 408 g/mol. The van der Waals surface area contributed by atoms with Crippen LogP contribution in [0.1, 0.15) is 20.8 Å². The molecule has 8 heteroatoms. The fourth-order valence-electron chi connectivity index (χ4n) is 1.52. The number of rotatable bonds is 4. The van der Waals surface area contributed by atoms with Crippen molar-refractivity contribution in [1.82, 2.24) is 5.32 Å². The van der Waals surface area contributed by atoms with Crippen molar-refractivity contribution < 1.29 is 12.8 Å². The molecule has 0 fully saturated rings. The molecule has 0 aliphatic heterocycles. The van der Waals surface area contributed by atoms with E-state index < -0.39 is 15.7 Å². The van der Waals surface area contributed by atoms with E-state index in [2.05, 4.69) is 10.3 Å². The molecule has 0 aliphatic rings. The van der Waals surface area contributed by atoms with Gasteiger partial charge in [-0.25, -0.2) is 12.8 Å². The number of guanidine groups is 1. The highest BCUT2D eigenvalue weighted by Gasteiger charge is 2.18. The van der Waals surface area contributed by atoms with E-state index in [-0.39, 0.29) is 52.7 Å². The van der Waals surface area contributed by atoms with Crippen LogP contribution in [-0.2, 0) is 9.84 Å². The van der Waals surface area contributed by atoms with E-state index in [1.54, 1.807) is 0 Å². The number of sulfone groups is 1. The zero-order valence-electron chi connectivity index (χ0n) is 12.3. The number of nitrogens with one attached hydrogen (secondary N) is 1. The Morgan fingerprint density at radius 2 is 1.90 bits per heavy atom. The van der Waals surface area contributed by atoms with Gasteiger partial charge in [0.25, 0.3) is 0 Å². The maximum absolute atomic E-state index is 13.4. The monoisotopic (exact) mass is 429 g/mol. The fourth-order valence-corrected chi connectivity index (χ4v) is 2.72. The van der Waals surface area contributed by atoms with E-state index in [4.69, 9.17) is 5.73 Å². The van der Waals surface area contributed by atoms with Crippen molar-refractivity contribution >= 4 is 39.8 Å². The number of hydrogen-bond donors (Lipinski definition) is 2. The highest BCUT2D eigenvalue weighted by atomic mass is 127. The van der Waals surface area contributed by atoms with E-state index in [0.29, 0.717) is 0 Å². The SMILES string of the molecule is CC(C)(C)NC(N)=NCCS(=O)(=O)c1ccccc1F.I. The van der Waals surface area contributed by atoms with Crippen molar-refractivity contribution in [2.75, 3.05) is 12.3 Å². The Hall–Kier alpha value is -0.900. The third-order valence-electron chi connectivity index (χ3n) is 2.32. The Morgan fingerprint density at radius 1 is 1.33 bits per heavy atom. The molecule has 0 unspecified atom stereocenters. The molecule has 1 aromatic rings. The summed E-state index contributed by atoms with van der Waals surface area (Å²) in [5.74, 6) is -0.876. The van der Waals surface area contributed by atoms with Gasteiger partial charge in [-0.15, -0.1) is 24.0 Å².